The van der Waals surface area contributed by atoms with Gasteiger partial charge in [-0.05, 0) is 37.6 Å². The number of amides is 1. The number of nitrogens with one attached hydrogen (secondary N) is 1. The molecule has 3 rings (SSSR count). The molecule has 40 heavy (non-hydrogen) atoms. The number of unbranched alkanes of at least 4 members (excludes halogenated alkanes) is 5. The summed E-state index contributed by atoms with van der Waals surface area (Å²) >= 11 is 1.04. The summed E-state index contributed by atoms with van der Waals surface area (Å²) in [7, 11) is 1.56. The number of hydrogen-bond acceptors (Lipinski definition) is 5. The fraction of sp³-hybridized carbons (Fsp3) is 0.367. The van der Waals surface area contributed by atoms with Crippen molar-refractivity contribution in [2.24, 2.45) is 0 Å². The highest BCUT2D eigenvalue weighted by atomic mass is 32.1. The largest absolute Gasteiger partial charge is 0.478 e. The number of carboxylic acid groups (broad SMARTS) is 1. The van der Waals surface area contributed by atoms with Crippen molar-refractivity contribution in [2.45, 2.75) is 64.9 Å². The Balaban J connectivity index is 1.73. The fourth-order valence-corrected chi connectivity index (χ4v) is 4.97. The summed E-state index contributed by atoms with van der Waals surface area (Å²) in [4.78, 5) is 27.9. The zero-order chi connectivity index (χ0) is 29.2. The molecule has 0 saturated heterocycles. The molecule has 0 spiro atoms. The molecule has 1 amide bonds. The van der Waals surface area contributed by atoms with Gasteiger partial charge in [0, 0.05) is 40.3 Å². The molecule has 6 nitrogen and oxygen atoms in total. The van der Waals surface area contributed by atoms with Gasteiger partial charge in [-0.15, -0.1) is 11.3 Å². The Bertz CT molecular complexity index is 1350. The molecule has 0 aliphatic carbocycles. The molecule has 1 aromatic heterocycles. The predicted octanol–water partition coefficient (Wildman–Crippen LogP) is 8.41. The summed E-state index contributed by atoms with van der Waals surface area (Å²) in [6.45, 7) is 3.37. The normalized spacial score (nSPS) is 12.4. The Morgan fingerprint density at radius 2 is 1.77 bits per heavy atom. The van der Waals surface area contributed by atoms with E-state index in [4.69, 9.17) is 9.84 Å². The zero-order valence-corrected chi connectivity index (χ0v) is 23.5. The minimum Gasteiger partial charge on any atom is -0.478 e. The van der Waals surface area contributed by atoms with Gasteiger partial charge in [-0.2, -0.15) is 0 Å². The molecule has 0 saturated carbocycles. The number of carboxylic acids is 1. The molecule has 1 heterocycles. The average molecular weight is 575 g/mol. The first-order valence-corrected chi connectivity index (χ1v) is 14.0. The molecule has 1 unspecified atom stereocenters. The van der Waals surface area contributed by atoms with Gasteiger partial charge in [0.2, 0.25) is 0 Å². The van der Waals surface area contributed by atoms with E-state index >= 15 is 4.39 Å². The quantitative estimate of drug-likeness (QED) is 0.149. The van der Waals surface area contributed by atoms with E-state index in [1.165, 1.54) is 26.2 Å². The number of aliphatic carboxylic acids is 1. The second-order valence-electron chi connectivity index (χ2n) is 9.47. The third-order valence-electron chi connectivity index (χ3n) is 6.52. The van der Waals surface area contributed by atoms with E-state index in [1.54, 1.807) is 30.7 Å². The van der Waals surface area contributed by atoms with Crippen LogP contribution in [-0.4, -0.2) is 29.1 Å². The van der Waals surface area contributed by atoms with Crippen LogP contribution in [0.1, 0.15) is 86.4 Å². The van der Waals surface area contributed by atoms with E-state index in [9.17, 15) is 18.4 Å². The van der Waals surface area contributed by atoms with Crippen molar-refractivity contribution in [1.29, 1.82) is 0 Å². The molecule has 3 aromatic rings. The zero-order valence-electron chi connectivity index (χ0n) is 22.7. The van der Waals surface area contributed by atoms with Crippen LogP contribution in [0, 0.1) is 17.5 Å². The molecule has 10 heteroatoms. The standard InChI is InChI=1S/C30H33F3N2O4S/c1-4-5-6-7-8-9-13-26(39-3)21-12-10-11-20(27(21)33)25-17-40-30(34-25)35-28(36)19-15-23(31)22(24(32)16-19)14-18(2)29(37)38/h10-12,14-17,26H,4-9,13H2,1-3H3,(H,37,38)(H,34,35,36)/b18-14+. The second kappa shape index (κ2) is 14.8. The third kappa shape index (κ3) is 8.02. The van der Waals surface area contributed by atoms with Crippen molar-refractivity contribution < 1.29 is 32.6 Å². The van der Waals surface area contributed by atoms with Crippen molar-refractivity contribution in [2.75, 3.05) is 12.4 Å². The SMILES string of the molecule is CCCCCCCCC(OC)c1cccc(-c2csc(NC(=O)c3cc(F)c(/C=C(\C)C(=O)O)c(F)c3)n2)c1F. The van der Waals surface area contributed by atoms with Gasteiger partial charge >= 0.3 is 5.97 Å². The number of rotatable bonds is 14. The first kappa shape index (κ1) is 31.0. The summed E-state index contributed by atoms with van der Waals surface area (Å²) in [6, 6.07) is 6.63. The lowest BCUT2D eigenvalue weighted by atomic mass is 9.98. The Hall–Kier alpha value is -3.50. The van der Waals surface area contributed by atoms with Gasteiger partial charge in [0.05, 0.1) is 11.8 Å². The number of benzene rings is 2. The Kier molecular flexibility index (Phi) is 11.5. The molecule has 0 radical (unpaired) electrons. The summed E-state index contributed by atoms with van der Waals surface area (Å²) in [5, 5.41) is 13.1. The van der Waals surface area contributed by atoms with Gasteiger partial charge < -0.3 is 9.84 Å². The van der Waals surface area contributed by atoms with Crippen molar-refractivity contribution in [3.63, 3.8) is 0 Å². The topological polar surface area (TPSA) is 88.5 Å². The van der Waals surface area contributed by atoms with Crippen molar-refractivity contribution in [3.8, 4) is 11.3 Å². The van der Waals surface area contributed by atoms with Crippen molar-refractivity contribution >= 4 is 34.4 Å². The maximum atomic E-state index is 15.5. The second-order valence-corrected chi connectivity index (χ2v) is 10.3. The molecule has 0 aliphatic heterocycles. The number of ether oxygens (including phenoxy) is 1. The number of aromatic nitrogens is 1. The van der Waals surface area contributed by atoms with Crippen molar-refractivity contribution in [3.05, 3.63) is 75.4 Å². The molecule has 1 atom stereocenters. The molecule has 0 fully saturated rings. The molecule has 2 N–H and O–H groups in total. The molecular formula is C30H33F3N2O4S. The first-order chi connectivity index (χ1) is 19.2. The monoisotopic (exact) mass is 574 g/mol. The number of nitrogens with zero attached hydrogens (tertiary/aromatic N) is 1. The van der Waals surface area contributed by atoms with Crippen LogP contribution in [0.4, 0.5) is 18.3 Å². The highest BCUT2D eigenvalue weighted by molar-refractivity contribution is 7.14. The van der Waals surface area contributed by atoms with Crippen molar-refractivity contribution in [1.82, 2.24) is 4.98 Å². The Labute approximate surface area is 235 Å². The Morgan fingerprint density at radius 3 is 2.42 bits per heavy atom. The third-order valence-corrected chi connectivity index (χ3v) is 7.28. The number of hydrogen-bond donors (Lipinski definition) is 2. The van der Waals surface area contributed by atoms with E-state index in [1.807, 2.05) is 0 Å². The lowest BCUT2D eigenvalue weighted by Crippen LogP contribution is -2.13. The Morgan fingerprint density at radius 1 is 1.10 bits per heavy atom. The van der Waals surface area contributed by atoms with Crippen LogP contribution in [0.3, 0.4) is 0 Å². The minimum atomic E-state index is -1.32. The molecular weight excluding hydrogens is 541 g/mol. The average Bonchev–Trinajstić information content (AvgIpc) is 3.38. The predicted molar refractivity (Wildman–Crippen MR) is 151 cm³/mol. The van der Waals surface area contributed by atoms with Gasteiger partial charge in [0.25, 0.3) is 5.91 Å². The van der Waals surface area contributed by atoms with Crippen LogP contribution in [-0.2, 0) is 9.53 Å². The van der Waals surface area contributed by atoms with E-state index in [0.717, 1.165) is 48.8 Å². The lowest BCUT2D eigenvalue weighted by molar-refractivity contribution is -0.132. The van der Waals surface area contributed by atoms with Crippen LogP contribution in [0.15, 0.2) is 41.3 Å². The fourth-order valence-electron chi connectivity index (χ4n) is 4.26. The van der Waals surface area contributed by atoms with E-state index < -0.39 is 41.0 Å². The minimum absolute atomic E-state index is 0.117. The van der Waals surface area contributed by atoms with Gasteiger partial charge in [0.15, 0.2) is 5.13 Å². The highest BCUT2D eigenvalue weighted by Gasteiger charge is 2.21. The lowest BCUT2D eigenvalue weighted by Gasteiger charge is -2.17. The van der Waals surface area contributed by atoms with E-state index in [-0.39, 0.29) is 21.8 Å². The van der Waals surface area contributed by atoms with Crippen LogP contribution < -0.4 is 5.32 Å². The van der Waals surface area contributed by atoms with Gasteiger partial charge in [0.1, 0.15) is 17.5 Å². The molecule has 214 valence electrons. The number of anilines is 1. The van der Waals surface area contributed by atoms with Crippen LogP contribution in [0.2, 0.25) is 0 Å². The number of carbonyl (C=O) groups is 2. The summed E-state index contributed by atoms with van der Waals surface area (Å²) in [5.74, 6) is -4.77. The highest BCUT2D eigenvalue weighted by Crippen LogP contribution is 2.33. The number of methoxy groups -OCH3 is 1. The number of thiazole rings is 1. The van der Waals surface area contributed by atoms with E-state index in [2.05, 4.69) is 17.2 Å². The van der Waals surface area contributed by atoms with Crippen LogP contribution in [0.5, 0.6) is 0 Å². The molecule has 0 bridgehead atoms. The van der Waals surface area contributed by atoms with Crippen LogP contribution >= 0.6 is 11.3 Å². The number of halogens is 3. The maximum absolute atomic E-state index is 15.5. The molecule has 0 aliphatic rings. The molecule has 2 aromatic carbocycles. The van der Waals surface area contributed by atoms with Gasteiger partial charge in [-0.25, -0.2) is 22.9 Å². The smallest absolute Gasteiger partial charge is 0.331 e. The van der Waals surface area contributed by atoms with Gasteiger partial charge in [-0.3, -0.25) is 10.1 Å². The summed E-state index contributed by atoms with van der Waals surface area (Å²) in [5.41, 5.74) is -0.152. The van der Waals surface area contributed by atoms with Gasteiger partial charge in [-0.1, -0.05) is 57.6 Å². The summed E-state index contributed by atoms with van der Waals surface area (Å²) in [6.07, 6.45) is 7.87. The first-order valence-electron chi connectivity index (χ1n) is 13.1. The van der Waals surface area contributed by atoms with E-state index in [0.29, 0.717) is 17.7 Å². The number of carbonyl (C=O) groups excluding carboxylic acids is 1. The maximum Gasteiger partial charge on any atom is 0.331 e. The van der Waals surface area contributed by atoms with Crippen LogP contribution in [0.25, 0.3) is 17.3 Å². The summed E-state index contributed by atoms with van der Waals surface area (Å²) < 4.78 is 50.1.